The maximum atomic E-state index is 15.3. The Morgan fingerprint density at radius 1 is 1.02 bits per heavy atom. The van der Waals surface area contributed by atoms with Crippen LogP contribution >= 0.6 is 0 Å². The summed E-state index contributed by atoms with van der Waals surface area (Å²) in [6.07, 6.45) is 4.00. The van der Waals surface area contributed by atoms with Crippen molar-refractivity contribution in [3.8, 4) is 0 Å². The van der Waals surface area contributed by atoms with Crippen molar-refractivity contribution in [2.45, 2.75) is 57.0 Å². The van der Waals surface area contributed by atoms with E-state index >= 15 is 4.39 Å². The zero-order chi connectivity index (χ0) is 35.1. The van der Waals surface area contributed by atoms with Crippen molar-refractivity contribution in [3.05, 3.63) is 94.6 Å². The van der Waals surface area contributed by atoms with Crippen molar-refractivity contribution in [1.82, 2.24) is 24.2 Å². The normalized spacial score (nSPS) is 18.5. The number of hydrogen-bond donors (Lipinski definition) is 3. The van der Waals surface area contributed by atoms with Gasteiger partial charge in [0.1, 0.15) is 23.5 Å². The van der Waals surface area contributed by atoms with E-state index in [0.29, 0.717) is 62.3 Å². The van der Waals surface area contributed by atoms with Crippen LogP contribution in [-0.4, -0.2) is 85.9 Å². The van der Waals surface area contributed by atoms with E-state index in [-0.39, 0.29) is 23.7 Å². The van der Waals surface area contributed by atoms with E-state index in [9.17, 15) is 26.8 Å². The van der Waals surface area contributed by atoms with Crippen LogP contribution in [0.4, 0.5) is 23.7 Å². The molecular weight excluding hydrogens is 661 g/mol. The van der Waals surface area contributed by atoms with E-state index in [1.807, 2.05) is 0 Å². The van der Waals surface area contributed by atoms with E-state index in [1.165, 1.54) is 51.2 Å². The Hall–Kier alpha value is -4.05. The standard InChI is InChI=1S/C34H41F3N6O5S/c1-22-16-24(18-26(36)17-22)31(23-8-10-25(35)11-9-23)32(41-34(45)48-2)33(44)40-30-21-39-20-29(37)28(30)7-5-6-27-19-38-12-15-43(27)49(46,47)42-13-3-4-14-42/h8-11,16-18,20-21,27,31-32,38H,3-7,12-15,19H2,1-2H3,(H,40,44)(H,41,45)/t27-,31-,32-/m0/s1. The minimum Gasteiger partial charge on any atom is -0.453 e. The Morgan fingerprint density at radius 3 is 2.45 bits per heavy atom. The van der Waals surface area contributed by atoms with Crippen molar-refractivity contribution in [2.24, 2.45) is 0 Å². The van der Waals surface area contributed by atoms with E-state index in [4.69, 9.17) is 4.74 Å². The number of pyridine rings is 1. The number of nitrogens with zero attached hydrogens (tertiary/aromatic N) is 3. The highest BCUT2D eigenvalue weighted by Crippen LogP contribution is 2.32. The SMILES string of the molecule is COC(=O)N[C@H](C(=O)Nc1cncc(F)c1CCC[C@H]1CNCCN1S(=O)(=O)N1CCCC1)[C@@H](c1ccc(F)cc1)c1cc(C)cc(F)c1. The number of rotatable bonds is 12. The molecule has 1 aromatic heterocycles. The molecule has 49 heavy (non-hydrogen) atoms. The van der Waals surface area contributed by atoms with Crippen LogP contribution in [0.1, 0.15) is 53.9 Å². The first-order chi connectivity index (χ1) is 23.5. The number of aromatic nitrogens is 1. The minimum absolute atomic E-state index is 0.0539. The number of alkyl carbamates (subject to hydrolysis) is 1. The summed E-state index contributed by atoms with van der Waals surface area (Å²) in [6, 6.07) is 7.68. The molecule has 2 aliphatic heterocycles. The molecule has 3 N–H and O–H groups in total. The molecule has 0 radical (unpaired) electrons. The van der Waals surface area contributed by atoms with Gasteiger partial charge in [-0.15, -0.1) is 0 Å². The van der Waals surface area contributed by atoms with Gasteiger partial charge in [0.05, 0.1) is 25.2 Å². The number of carbonyl (C=O) groups is 2. The molecule has 2 fully saturated rings. The average molecular weight is 703 g/mol. The number of aryl methyl sites for hydroxylation is 1. The quantitative estimate of drug-likeness (QED) is 0.257. The van der Waals surface area contributed by atoms with Gasteiger partial charge in [0.2, 0.25) is 5.91 Å². The third-order valence-corrected chi connectivity index (χ3v) is 11.0. The Balaban J connectivity index is 1.39. The maximum Gasteiger partial charge on any atom is 0.407 e. The Bertz CT molecular complexity index is 1720. The van der Waals surface area contributed by atoms with Gasteiger partial charge in [0.15, 0.2) is 0 Å². The molecular formula is C34H41F3N6O5S. The number of piperazine rings is 1. The van der Waals surface area contributed by atoms with Gasteiger partial charge in [0.25, 0.3) is 10.2 Å². The van der Waals surface area contributed by atoms with Crippen molar-refractivity contribution >= 4 is 27.9 Å². The van der Waals surface area contributed by atoms with E-state index in [2.05, 4.69) is 20.9 Å². The summed E-state index contributed by atoms with van der Waals surface area (Å²) < 4.78 is 78.5. The van der Waals surface area contributed by atoms with E-state index < -0.39 is 51.6 Å². The molecule has 5 rings (SSSR count). The molecule has 3 atom stereocenters. The fraction of sp³-hybridized carbons (Fsp3) is 0.441. The lowest BCUT2D eigenvalue weighted by Crippen LogP contribution is -2.56. The lowest BCUT2D eigenvalue weighted by Gasteiger charge is -2.37. The molecule has 3 heterocycles. The van der Waals surface area contributed by atoms with Crippen molar-refractivity contribution in [3.63, 3.8) is 0 Å². The average Bonchev–Trinajstić information content (AvgIpc) is 3.63. The van der Waals surface area contributed by atoms with E-state index in [1.54, 1.807) is 13.0 Å². The third kappa shape index (κ3) is 8.76. The molecule has 2 aromatic carbocycles. The lowest BCUT2D eigenvalue weighted by molar-refractivity contribution is -0.118. The first-order valence-corrected chi connectivity index (χ1v) is 17.7. The summed E-state index contributed by atoms with van der Waals surface area (Å²) in [6.45, 7) is 4.00. The number of carbonyl (C=O) groups excluding carboxylic acids is 2. The Morgan fingerprint density at radius 2 is 1.76 bits per heavy atom. The summed E-state index contributed by atoms with van der Waals surface area (Å²) in [5.41, 5.74) is 1.48. The van der Waals surface area contributed by atoms with Gasteiger partial charge in [-0.05, 0) is 80.0 Å². The number of anilines is 1. The van der Waals surface area contributed by atoms with Gasteiger partial charge in [0, 0.05) is 50.2 Å². The second-order valence-electron chi connectivity index (χ2n) is 12.3. The van der Waals surface area contributed by atoms with Crippen LogP contribution in [0.2, 0.25) is 0 Å². The molecule has 11 nitrogen and oxygen atoms in total. The smallest absolute Gasteiger partial charge is 0.407 e. The van der Waals surface area contributed by atoms with Crippen LogP contribution < -0.4 is 16.0 Å². The minimum atomic E-state index is -3.63. The Kier molecular flexibility index (Phi) is 11.9. The largest absolute Gasteiger partial charge is 0.453 e. The van der Waals surface area contributed by atoms with Crippen LogP contribution in [0.5, 0.6) is 0 Å². The highest BCUT2D eigenvalue weighted by molar-refractivity contribution is 7.86. The fourth-order valence-electron chi connectivity index (χ4n) is 6.59. The Labute approximate surface area is 284 Å². The number of nitrogens with one attached hydrogen (secondary N) is 3. The summed E-state index contributed by atoms with van der Waals surface area (Å²) in [5, 5.41) is 8.47. The first kappa shape index (κ1) is 36.2. The topological polar surface area (TPSA) is 133 Å². The van der Waals surface area contributed by atoms with Crippen LogP contribution in [0.15, 0.2) is 54.9 Å². The van der Waals surface area contributed by atoms with Gasteiger partial charge < -0.3 is 20.7 Å². The zero-order valence-electron chi connectivity index (χ0n) is 27.4. The molecule has 0 saturated carbocycles. The fourth-order valence-corrected chi connectivity index (χ4v) is 8.48. The number of amides is 2. The summed E-state index contributed by atoms with van der Waals surface area (Å²) in [4.78, 5) is 30.5. The molecule has 3 aromatic rings. The summed E-state index contributed by atoms with van der Waals surface area (Å²) >= 11 is 0. The highest BCUT2D eigenvalue weighted by atomic mass is 32.2. The summed E-state index contributed by atoms with van der Waals surface area (Å²) in [7, 11) is -2.50. The number of benzene rings is 2. The van der Waals surface area contributed by atoms with Crippen molar-refractivity contribution in [2.75, 3.05) is 45.2 Å². The highest BCUT2D eigenvalue weighted by Gasteiger charge is 2.38. The molecule has 2 amide bonds. The third-order valence-electron chi connectivity index (χ3n) is 8.94. The van der Waals surface area contributed by atoms with Gasteiger partial charge in [-0.1, -0.05) is 18.2 Å². The number of halogens is 3. The lowest BCUT2D eigenvalue weighted by atomic mass is 9.83. The number of methoxy groups -OCH3 is 1. The summed E-state index contributed by atoms with van der Waals surface area (Å²) in [5.74, 6) is -3.57. The molecule has 0 aliphatic carbocycles. The molecule has 0 unspecified atom stereocenters. The molecule has 2 saturated heterocycles. The predicted octanol–water partition coefficient (Wildman–Crippen LogP) is 4.24. The predicted molar refractivity (Wildman–Crippen MR) is 178 cm³/mol. The van der Waals surface area contributed by atoms with Gasteiger partial charge in [-0.2, -0.15) is 17.0 Å². The van der Waals surface area contributed by atoms with Gasteiger partial charge in [-0.3, -0.25) is 9.78 Å². The van der Waals surface area contributed by atoms with Crippen LogP contribution in [0, 0.1) is 24.4 Å². The second kappa shape index (κ2) is 16.1. The van der Waals surface area contributed by atoms with Crippen LogP contribution in [-0.2, 0) is 26.2 Å². The van der Waals surface area contributed by atoms with Gasteiger partial charge >= 0.3 is 6.09 Å². The van der Waals surface area contributed by atoms with Crippen LogP contribution in [0.3, 0.4) is 0 Å². The van der Waals surface area contributed by atoms with Crippen molar-refractivity contribution < 1.29 is 35.9 Å². The van der Waals surface area contributed by atoms with Crippen molar-refractivity contribution in [1.29, 1.82) is 0 Å². The molecule has 0 bridgehead atoms. The van der Waals surface area contributed by atoms with Crippen LogP contribution in [0.25, 0.3) is 0 Å². The number of hydrogen-bond acceptors (Lipinski definition) is 7. The molecule has 0 spiro atoms. The second-order valence-corrected chi connectivity index (χ2v) is 14.2. The molecule has 2 aliphatic rings. The monoisotopic (exact) mass is 702 g/mol. The molecule has 15 heteroatoms. The first-order valence-electron chi connectivity index (χ1n) is 16.3. The zero-order valence-corrected chi connectivity index (χ0v) is 28.2. The number of ether oxygens (including phenoxy) is 1. The van der Waals surface area contributed by atoms with Gasteiger partial charge in [-0.25, -0.2) is 18.0 Å². The maximum absolute atomic E-state index is 15.3. The molecule has 264 valence electrons. The van der Waals surface area contributed by atoms with E-state index in [0.717, 1.165) is 26.1 Å².